The first kappa shape index (κ1) is 23.4. The first-order valence-electron chi connectivity index (χ1n) is 9.60. The largest absolute Gasteiger partial charge is 0.282 e. The van der Waals surface area contributed by atoms with Crippen LogP contribution in [0.1, 0.15) is 31.8 Å². The van der Waals surface area contributed by atoms with Gasteiger partial charge in [0, 0.05) is 12.1 Å². The molecule has 0 spiro atoms. The van der Waals surface area contributed by atoms with Crippen molar-refractivity contribution in [1.29, 1.82) is 0 Å². The SMILES string of the molecule is O=C(NN=Cc1ccc(C=NNC(=O)c2ccccc2[N+](=O)[O-])cc1)c1ccccc1[N+](=O)[O-]. The van der Waals surface area contributed by atoms with E-state index in [1.165, 1.54) is 61.0 Å². The lowest BCUT2D eigenvalue weighted by Crippen LogP contribution is -2.19. The van der Waals surface area contributed by atoms with E-state index in [0.29, 0.717) is 11.1 Å². The molecule has 170 valence electrons. The molecule has 3 aromatic carbocycles. The number of hydrogen-bond acceptors (Lipinski definition) is 8. The summed E-state index contributed by atoms with van der Waals surface area (Å²) >= 11 is 0. The molecular formula is C22H16N6O6. The zero-order valence-electron chi connectivity index (χ0n) is 17.3. The molecule has 0 atom stereocenters. The van der Waals surface area contributed by atoms with Crippen molar-refractivity contribution in [2.24, 2.45) is 10.2 Å². The normalized spacial score (nSPS) is 10.8. The lowest BCUT2D eigenvalue weighted by atomic mass is 10.1. The highest BCUT2D eigenvalue weighted by Crippen LogP contribution is 2.18. The Morgan fingerprint density at radius 3 is 1.35 bits per heavy atom. The van der Waals surface area contributed by atoms with E-state index in [4.69, 9.17) is 0 Å². The minimum Gasteiger partial charge on any atom is -0.267 e. The van der Waals surface area contributed by atoms with Gasteiger partial charge in [0.1, 0.15) is 11.1 Å². The van der Waals surface area contributed by atoms with Gasteiger partial charge in [0.2, 0.25) is 0 Å². The van der Waals surface area contributed by atoms with Gasteiger partial charge >= 0.3 is 0 Å². The number of benzene rings is 3. The van der Waals surface area contributed by atoms with Crippen molar-refractivity contribution in [3.63, 3.8) is 0 Å². The fourth-order valence-corrected chi connectivity index (χ4v) is 2.77. The van der Waals surface area contributed by atoms with Crippen LogP contribution in [0, 0.1) is 20.2 Å². The minimum absolute atomic E-state index is 0.112. The minimum atomic E-state index is -0.721. The third-order valence-corrected chi connectivity index (χ3v) is 4.39. The van der Waals surface area contributed by atoms with Crippen LogP contribution in [-0.2, 0) is 0 Å². The number of carbonyl (C=O) groups is 2. The van der Waals surface area contributed by atoms with Crippen LogP contribution in [0.3, 0.4) is 0 Å². The van der Waals surface area contributed by atoms with Gasteiger partial charge in [0.25, 0.3) is 23.2 Å². The molecule has 0 aliphatic rings. The van der Waals surface area contributed by atoms with Crippen LogP contribution >= 0.6 is 0 Å². The van der Waals surface area contributed by atoms with Gasteiger partial charge in [-0.1, -0.05) is 48.5 Å². The number of nitrogens with zero attached hydrogens (tertiary/aromatic N) is 4. The predicted octanol–water partition coefficient (Wildman–Crippen LogP) is 3.03. The molecule has 0 aliphatic carbocycles. The highest BCUT2D eigenvalue weighted by atomic mass is 16.6. The summed E-state index contributed by atoms with van der Waals surface area (Å²) in [7, 11) is 0. The Hall–Kier alpha value is -5.26. The van der Waals surface area contributed by atoms with Gasteiger partial charge in [0.15, 0.2) is 0 Å². The maximum Gasteiger partial charge on any atom is 0.282 e. The van der Waals surface area contributed by atoms with E-state index >= 15 is 0 Å². The molecule has 2 amide bonds. The molecule has 0 radical (unpaired) electrons. The Kier molecular flexibility index (Phi) is 7.47. The van der Waals surface area contributed by atoms with Crippen LogP contribution in [0.5, 0.6) is 0 Å². The van der Waals surface area contributed by atoms with Gasteiger partial charge in [-0.25, -0.2) is 10.9 Å². The number of nitrogens with one attached hydrogen (secondary N) is 2. The monoisotopic (exact) mass is 460 g/mol. The molecule has 3 aromatic rings. The maximum atomic E-state index is 12.1. The Labute approximate surface area is 191 Å². The first-order valence-corrected chi connectivity index (χ1v) is 9.60. The summed E-state index contributed by atoms with van der Waals surface area (Å²) in [6.07, 6.45) is 2.70. The number of hydrogen-bond donors (Lipinski definition) is 2. The molecule has 12 heteroatoms. The fraction of sp³-hybridized carbons (Fsp3) is 0. The molecule has 0 aliphatic heterocycles. The molecule has 12 nitrogen and oxygen atoms in total. The van der Waals surface area contributed by atoms with Crippen LogP contribution in [0.2, 0.25) is 0 Å². The number of nitro groups is 2. The molecule has 0 fully saturated rings. The summed E-state index contributed by atoms with van der Waals surface area (Å²) in [5, 5.41) is 29.6. The Morgan fingerprint density at radius 1 is 0.647 bits per heavy atom. The molecule has 34 heavy (non-hydrogen) atoms. The molecular weight excluding hydrogens is 444 g/mol. The van der Waals surface area contributed by atoms with Gasteiger partial charge in [-0.05, 0) is 23.3 Å². The summed E-state index contributed by atoms with van der Waals surface area (Å²) < 4.78 is 0. The second-order valence-electron chi connectivity index (χ2n) is 6.61. The molecule has 0 unspecified atom stereocenters. The summed E-state index contributed by atoms with van der Waals surface area (Å²) in [4.78, 5) is 45.0. The quantitative estimate of drug-likeness (QED) is 0.297. The second kappa shape index (κ2) is 10.9. The number of carbonyl (C=O) groups excluding carboxylic acids is 2. The van der Waals surface area contributed by atoms with E-state index in [-0.39, 0.29) is 22.5 Å². The average molecular weight is 460 g/mol. The summed E-state index contributed by atoms with van der Waals surface area (Å²) in [6, 6.07) is 17.7. The second-order valence-corrected chi connectivity index (χ2v) is 6.61. The van der Waals surface area contributed by atoms with Crippen molar-refractivity contribution in [3.05, 3.63) is 115 Å². The Bertz CT molecular complexity index is 1200. The smallest absolute Gasteiger partial charge is 0.267 e. The topological polar surface area (TPSA) is 169 Å². The molecule has 3 rings (SSSR count). The van der Waals surface area contributed by atoms with Crippen molar-refractivity contribution in [2.75, 3.05) is 0 Å². The Balaban J connectivity index is 1.57. The van der Waals surface area contributed by atoms with E-state index in [9.17, 15) is 29.8 Å². The number of para-hydroxylation sites is 2. The van der Waals surface area contributed by atoms with Crippen LogP contribution in [0.25, 0.3) is 0 Å². The van der Waals surface area contributed by atoms with Crippen LogP contribution < -0.4 is 10.9 Å². The fourth-order valence-electron chi connectivity index (χ4n) is 2.77. The van der Waals surface area contributed by atoms with Gasteiger partial charge in [0.05, 0.1) is 22.3 Å². The first-order chi connectivity index (χ1) is 16.4. The maximum absolute atomic E-state index is 12.1. The van der Waals surface area contributed by atoms with Gasteiger partial charge in [-0.3, -0.25) is 29.8 Å². The van der Waals surface area contributed by atoms with Crippen molar-refractivity contribution < 1.29 is 19.4 Å². The molecule has 0 saturated carbocycles. The number of amides is 2. The van der Waals surface area contributed by atoms with Gasteiger partial charge in [-0.2, -0.15) is 10.2 Å². The average Bonchev–Trinajstić information content (AvgIpc) is 2.84. The lowest BCUT2D eigenvalue weighted by molar-refractivity contribution is -0.385. The highest BCUT2D eigenvalue weighted by molar-refractivity contribution is 5.99. The van der Waals surface area contributed by atoms with E-state index < -0.39 is 21.7 Å². The standard InChI is InChI=1S/C22H16N6O6/c29-21(17-5-1-3-7-19(17)27(31)32)25-23-13-15-9-11-16(12-10-15)14-24-26-22(30)18-6-2-4-8-20(18)28(33)34/h1-14H,(H,25,29)(H,26,30). The zero-order chi connectivity index (χ0) is 24.5. The molecule has 0 saturated heterocycles. The van der Waals surface area contributed by atoms with Crippen LogP contribution in [0.15, 0.2) is 83.0 Å². The van der Waals surface area contributed by atoms with Gasteiger partial charge in [-0.15, -0.1) is 0 Å². The number of nitro benzene ring substituents is 2. The third-order valence-electron chi connectivity index (χ3n) is 4.39. The molecule has 0 heterocycles. The summed E-state index contributed by atoms with van der Waals surface area (Å²) in [6.45, 7) is 0. The van der Waals surface area contributed by atoms with E-state index in [1.807, 2.05) is 0 Å². The van der Waals surface area contributed by atoms with Crippen molar-refractivity contribution in [1.82, 2.24) is 10.9 Å². The summed E-state index contributed by atoms with van der Waals surface area (Å²) in [5.41, 5.74) is 4.83. The van der Waals surface area contributed by atoms with Crippen molar-refractivity contribution in [3.8, 4) is 0 Å². The zero-order valence-corrected chi connectivity index (χ0v) is 17.3. The summed E-state index contributed by atoms with van der Waals surface area (Å²) in [5.74, 6) is -1.44. The lowest BCUT2D eigenvalue weighted by Gasteiger charge is -2.01. The van der Waals surface area contributed by atoms with Crippen LogP contribution in [-0.4, -0.2) is 34.1 Å². The highest BCUT2D eigenvalue weighted by Gasteiger charge is 2.19. The van der Waals surface area contributed by atoms with E-state index in [2.05, 4.69) is 21.1 Å². The van der Waals surface area contributed by atoms with Gasteiger partial charge < -0.3 is 0 Å². The predicted molar refractivity (Wildman–Crippen MR) is 123 cm³/mol. The molecule has 0 bridgehead atoms. The van der Waals surface area contributed by atoms with Crippen LogP contribution in [0.4, 0.5) is 11.4 Å². The number of rotatable bonds is 8. The van der Waals surface area contributed by atoms with E-state index in [0.717, 1.165) is 0 Å². The molecule has 2 N–H and O–H groups in total. The van der Waals surface area contributed by atoms with Crippen molar-refractivity contribution >= 4 is 35.6 Å². The molecule has 0 aromatic heterocycles. The number of hydrazone groups is 2. The Morgan fingerprint density at radius 2 is 1.00 bits per heavy atom. The van der Waals surface area contributed by atoms with E-state index in [1.54, 1.807) is 24.3 Å². The third kappa shape index (κ3) is 5.91. The van der Waals surface area contributed by atoms with Crippen molar-refractivity contribution in [2.45, 2.75) is 0 Å².